The van der Waals surface area contributed by atoms with Crippen LogP contribution in [-0.2, 0) is 16.0 Å². The van der Waals surface area contributed by atoms with Crippen molar-refractivity contribution in [2.24, 2.45) is 11.3 Å². The first-order valence-electron chi connectivity index (χ1n) is 16.1. The molecule has 0 fully saturated rings. The number of methoxy groups -OCH3 is 1. The quantitative estimate of drug-likeness (QED) is 0.119. The van der Waals surface area contributed by atoms with E-state index in [0.717, 1.165) is 29.7 Å². The Morgan fingerprint density at radius 1 is 0.804 bits per heavy atom. The zero-order chi connectivity index (χ0) is 32.9. The number of unbranched alkanes of at least 4 members (excludes halogenated alkanes) is 1. The Balaban J connectivity index is 1.64. The van der Waals surface area contributed by atoms with Gasteiger partial charge in [0.15, 0.2) is 0 Å². The molecular weight excluding hydrogens is 587 g/mol. The van der Waals surface area contributed by atoms with E-state index < -0.39 is 19.9 Å². The van der Waals surface area contributed by atoms with Crippen LogP contribution in [-0.4, -0.2) is 31.5 Å². The van der Waals surface area contributed by atoms with Gasteiger partial charge in [0.25, 0.3) is 0 Å². The highest BCUT2D eigenvalue weighted by Crippen LogP contribution is 2.35. The summed E-state index contributed by atoms with van der Waals surface area (Å²) in [5.41, 5.74) is 1.64. The van der Waals surface area contributed by atoms with Crippen molar-refractivity contribution >= 4 is 41.7 Å². The molecular formula is C40H47N2O3P. The van der Waals surface area contributed by atoms with Gasteiger partial charge in [-0.05, 0) is 58.9 Å². The van der Waals surface area contributed by atoms with Crippen LogP contribution in [0.15, 0.2) is 115 Å². The second kappa shape index (κ2) is 16.9. The molecule has 0 saturated carbocycles. The summed E-state index contributed by atoms with van der Waals surface area (Å²) in [6, 6.07) is 36.6. The Morgan fingerprint density at radius 3 is 1.96 bits per heavy atom. The molecule has 1 unspecified atom stereocenters. The predicted molar refractivity (Wildman–Crippen MR) is 194 cm³/mol. The maximum atomic E-state index is 14.1. The summed E-state index contributed by atoms with van der Waals surface area (Å²) in [5.74, 6) is -0.0603. The van der Waals surface area contributed by atoms with Gasteiger partial charge in [-0.2, -0.15) is 0 Å². The van der Waals surface area contributed by atoms with E-state index >= 15 is 0 Å². The lowest BCUT2D eigenvalue weighted by atomic mass is 9.79. The van der Waals surface area contributed by atoms with E-state index in [0.29, 0.717) is 13.0 Å². The fourth-order valence-electron chi connectivity index (χ4n) is 5.36. The lowest BCUT2D eigenvalue weighted by Crippen LogP contribution is -2.51. The van der Waals surface area contributed by atoms with Crippen LogP contribution in [0.25, 0.3) is 6.08 Å². The maximum absolute atomic E-state index is 14.1. The third-order valence-electron chi connectivity index (χ3n) is 7.95. The lowest BCUT2D eigenvalue weighted by molar-refractivity contribution is -0.132. The van der Waals surface area contributed by atoms with Gasteiger partial charge in [0, 0.05) is 13.0 Å². The van der Waals surface area contributed by atoms with Crippen molar-refractivity contribution in [2.45, 2.75) is 53.0 Å². The normalized spacial score (nSPS) is 12.9. The number of carbonyl (C=O) groups is 2. The lowest BCUT2D eigenvalue weighted by Gasteiger charge is -2.29. The second-order valence-electron chi connectivity index (χ2n) is 12.5. The molecule has 0 spiro atoms. The van der Waals surface area contributed by atoms with E-state index in [4.69, 9.17) is 4.74 Å². The number of nitrogens with one attached hydrogen (secondary N) is 2. The molecule has 0 aliphatic rings. The van der Waals surface area contributed by atoms with Crippen LogP contribution in [0.4, 0.5) is 0 Å². The van der Waals surface area contributed by atoms with Crippen molar-refractivity contribution in [2.75, 3.05) is 13.7 Å². The third kappa shape index (κ3) is 9.64. The van der Waals surface area contributed by atoms with Gasteiger partial charge in [-0.15, -0.1) is 0 Å². The van der Waals surface area contributed by atoms with Crippen LogP contribution in [0.2, 0.25) is 0 Å². The molecule has 0 saturated heterocycles. The molecule has 0 radical (unpaired) electrons. The standard InChI is InChI=1S/C40H47N2O3P/c1-6-7-28-41-39(44)36(29-30-22-25-32(45-5)26-23-30)42-38(43)35(40(2,3)4)27-24-31-16-14-15-21-37(31)46(33-17-10-8-11-18-33)34-19-12-9-13-20-34/h8-27,35-36H,6-7,28-29H2,1-5H3,(H,41,44)(H,42,43)/b27-24+/t35?,36-/m0/s1. The van der Waals surface area contributed by atoms with Gasteiger partial charge >= 0.3 is 0 Å². The molecule has 46 heavy (non-hydrogen) atoms. The summed E-state index contributed by atoms with van der Waals surface area (Å²) in [4.78, 5) is 27.4. The third-order valence-corrected chi connectivity index (χ3v) is 10.5. The fourth-order valence-corrected chi connectivity index (χ4v) is 7.80. The smallest absolute Gasteiger partial charge is 0.242 e. The summed E-state index contributed by atoms with van der Waals surface area (Å²) in [5, 5.41) is 9.91. The first kappa shape index (κ1) is 34.7. The molecule has 0 aliphatic heterocycles. The van der Waals surface area contributed by atoms with E-state index in [1.165, 1.54) is 15.9 Å². The largest absolute Gasteiger partial charge is 0.497 e. The number of hydrogen-bond acceptors (Lipinski definition) is 3. The number of benzene rings is 4. The first-order valence-corrected chi connectivity index (χ1v) is 17.4. The van der Waals surface area contributed by atoms with E-state index in [-0.39, 0.29) is 17.2 Å². The van der Waals surface area contributed by atoms with Gasteiger partial charge < -0.3 is 15.4 Å². The van der Waals surface area contributed by atoms with Crippen molar-refractivity contribution < 1.29 is 14.3 Å². The van der Waals surface area contributed by atoms with Crippen molar-refractivity contribution in [3.63, 3.8) is 0 Å². The minimum absolute atomic E-state index is 0.168. The Kier molecular flexibility index (Phi) is 12.7. The molecule has 4 rings (SSSR count). The van der Waals surface area contributed by atoms with Crippen LogP contribution in [0.5, 0.6) is 5.75 Å². The zero-order valence-corrected chi connectivity index (χ0v) is 28.6. The average Bonchev–Trinajstić information content (AvgIpc) is 3.06. The molecule has 2 atom stereocenters. The summed E-state index contributed by atoms with van der Waals surface area (Å²) in [7, 11) is 0.810. The van der Waals surface area contributed by atoms with Gasteiger partial charge in [-0.1, -0.05) is 143 Å². The van der Waals surface area contributed by atoms with Crippen molar-refractivity contribution in [1.29, 1.82) is 0 Å². The topological polar surface area (TPSA) is 67.4 Å². The van der Waals surface area contributed by atoms with Crippen LogP contribution in [0.3, 0.4) is 0 Å². The predicted octanol–water partition coefficient (Wildman–Crippen LogP) is 6.77. The number of rotatable bonds is 14. The van der Waals surface area contributed by atoms with Crippen molar-refractivity contribution in [3.8, 4) is 5.75 Å². The number of amides is 2. The van der Waals surface area contributed by atoms with Crippen LogP contribution in [0, 0.1) is 11.3 Å². The molecule has 0 aliphatic carbocycles. The molecule has 0 aromatic heterocycles. The molecule has 4 aromatic carbocycles. The van der Waals surface area contributed by atoms with Gasteiger partial charge in [-0.3, -0.25) is 9.59 Å². The molecule has 2 amide bonds. The first-order chi connectivity index (χ1) is 22.2. The van der Waals surface area contributed by atoms with Gasteiger partial charge in [0.05, 0.1) is 13.0 Å². The number of hydrogen-bond donors (Lipinski definition) is 2. The highest BCUT2D eigenvalue weighted by atomic mass is 31.1. The molecule has 240 valence electrons. The van der Waals surface area contributed by atoms with Crippen LogP contribution < -0.4 is 31.3 Å². The number of ether oxygens (including phenoxy) is 1. The minimum Gasteiger partial charge on any atom is -0.497 e. The van der Waals surface area contributed by atoms with E-state index in [2.05, 4.69) is 111 Å². The van der Waals surface area contributed by atoms with E-state index in [1.807, 2.05) is 48.5 Å². The van der Waals surface area contributed by atoms with Gasteiger partial charge in [0.2, 0.25) is 11.8 Å². The minimum atomic E-state index is -0.817. The summed E-state index contributed by atoms with van der Waals surface area (Å²) >= 11 is 0. The van der Waals surface area contributed by atoms with Gasteiger partial charge in [0.1, 0.15) is 11.8 Å². The maximum Gasteiger partial charge on any atom is 0.242 e. The number of carbonyl (C=O) groups excluding carboxylic acids is 2. The monoisotopic (exact) mass is 634 g/mol. The Hall–Kier alpha value is -4.21. The van der Waals surface area contributed by atoms with Crippen molar-refractivity contribution in [1.82, 2.24) is 10.6 Å². The summed E-state index contributed by atoms with van der Waals surface area (Å²) in [6.45, 7) is 8.86. The fraction of sp³-hybridized carbons (Fsp3) is 0.300. The Labute approximate surface area is 276 Å². The Morgan fingerprint density at radius 2 is 1.39 bits per heavy atom. The molecule has 4 aromatic rings. The molecule has 0 bridgehead atoms. The van der Waals surface area contributed by atoms with Crippen LogP contribution >= 0.6 is 7.92 Å². The molecule has 0 heterocycles. The highest BCUT2D eigenvalue weighted by Gasteiger charge is 2.32. The van der Waals surface area contributed by atoms with Crippen LogP contribution in [0.1, 0.15) is 51.7 Å². The second-order valence-corrected chi connectivity index (χ2v) is 14.7. The summed E-state index contributed by atoms with van der Waals surface area (Å²) in [6.07, 6.45) is 6.35. The van der Waals surface area contributed by atoms with E-state index in [9.17, 15) is 9.59 Å². The van der Waals surface area contributed by atoms with Crippen molar-refractivity contribution in [3.05, 3.63) is 126 Å². The molecule has 6 heteroatoms. The zero-order valence-electron chi connectivity index (χ0n) is 27.7. The van der Waals surface area contributed by atoms with E-state index in [1.54, 1.807) is 7.11 Å². The average molecular weight is 635 g/mol. The molecule has 2 N–H and O–H groups in total. The van der Waals surface area contributed by atoms with Gasteiger partial charge in [-0.25, -0.2) is 0 Å². The highest BCUT2D eigenvalue weighted by molar-refractivity contribution is 7.80. The Bertz CT molecular complexity index is 1520. The summed E-state index contributed by atoms with van der Waals surface area (Å²) < 4.78 is 5.30. The molecule has 5 nitrogen and oxygen atoms in total. The SMILES string of the molecule is CCCCNC(=O)[C@H](Cc1ccc(OC)cc1)NC(=O)C(/C=C/c1ccccc1P(c1ccccc1)c1ccccc1)C(C)(C)C.